The Bertz CT molecular complexity index is 656. The molecule has 104 valence electrons. The van der Waals surface area contributed by atoms with Crippen LogP contribution in [0, 0.1) is 0 Å². The van der Waals surface area contributed by atoms with Crippen LogP contribution >= 0.6 is 15.9 Å². The van der Waals surface area contributed by atoms with Crippen LogP contribution in [-0.4, -0.2) is 21.9 Å². The molecule has 0 bridgehead atoms. The predicted molar refractivity (Wildman–Crippen MR) is 77.1 cm³/mol. The zero-order valence-corrected chi connectivity index (χ0v) is 12.0. The van der Waals surface area contributed by atoms with Gasteiger partial charge < -0.3 is 20.1 Å². The van der Waals surface area contributed by atoms with Crippen molar-refractivity contribution in [1.29, 1.82) is 0 Å². The largest absolute Gasteiger partial charge is 0.504 e. The van der Waals surface area contributed by atoms with Crippen molar-refractivity contribution in [2.45, 2.75) is 12.0 Å². The summed E-state index contributed by atoms with van der Waals surface area (Å²) in [6, 6.07) is 10.2. The summed E-state index contributed by atoms with van der Waals surface area (Å²) in [5.41, 5.74) is 1.64. The Hall–Kier alpha value is -1.72. The number of hydrogen-bond donors (Lipinski definition) is 3. The highest BCUT2D eigenvalue weighted by Gasteiger charge is 2.35. The maximum absolute atomic E-state index is 9.65. The molecule has 0 saturated heterocycles. The van der Waals surface area contributed by atoms with Crippen LogP contribution in [0.3, 0.4) is 0 Å². The van der Waals surface area contributed by atoms with E-state index in [1.807, 2.05) is 18.2 Å². The Morgan fingerprint density at radius 2 is 1.85 bits per heavy atom. The van der Waals surface area contributed by atoms with Gasteiger partial charge in [-0.2, -0.15) is 0 Å². The number of aromatic hydroxyl groups is 2. The highest BCUT2D eigenvalue weighted by molar-refractivity contribution is 9.10. The lowest BCUT2D eigenvalue weighted by atomic mass is 9.92. The third-order valence-corrected chi connectivity index (χ3v) is 4.01. The van der Waals surface area contributed by atoms with Gasteiger partial charge >= 0.3 is 0 Å². The molecule has 2 atom stereocenters. The molecular weight excluding hydrogens is 324 g/mol. The van der Waals surface area contributed by atoms with E-state index in [2.05, 4.69) is 15.9 Å². The van der Waals surface area contributed by atoms with Gasteiger partial charge in [-0.1, -0.05) is 22.0 Å². The molecule has 5 heteroatoms. The average Bonchev–Trinajstić information content (AvgIpc) is 2.79. The number of benzene rings is 2. The molecule has 1 aliphatic heterocycles. The van der Waals surface area contributed by atoms with Crippen molar-refractivity contribution in [3.63, 3.8) is 0 Å². The van der Waals surface area contributed by atoms with Crippen LogP contribution in [0.4, 0.5) is 0 Å². The van der Waals surface area contributed by atoms with Crippen molar-refractivity contribution in [2.24, 2.45) is 0 Å². The second-order valence-corrected chi connectivity index (χ2v) is 5.67. The predicted octanol–water partition coefficient (Wildman–Crippen LogP) is 3.07. The number of aliphatic hydroxyl groups excluding tert-OH is 1. The first-order chi connectivity index (χ1) is 9.60. The molecule has 0 saturated carbocycles. The highest BCUT2D eigenvalue weighted by Crippen LogP contribution is 2.47. The van der Waals surface area contributed by atoms with E-state index in [9.17, 15) is 15.3 Å². The van der Waals surface area contributed by atoms with E-state index in [1.165, 1.54) is 12.1 Å². The quantitative estimate of drug-likeness (QED) is 0.737. The molecule has 20 heavy (non-hydrogen) atoms. The maximum atomic E-state index is 9.65. The number of halogens is 1. The maximum Gasteiger partial charge on any atom is 0.157 e. The van der Waals surface area contributed by atoms with Crippen molar-refractivity contribution >= 4 is 15.9 Å². The first-order valence-electron chi connectivity index (χ1n) is 6.19. The summed E-state index contributed by atoms with van der Waals surface area (Å²) in [6.45, 7) is -0.0598. The number of ether oxygens (including phenoxy) is 1. The summed E-state index contributed by atoms with van der Waals surface area (Å²) in [5, 5.41) is 28.6. The first-order valence-corrected chi connectivity index (χ1v) is 6.98. The van der Waals surface area contributed by atoms with E-state index >= 15 is 0 Å². The van der Waals surface area contributed by atoms with Gasteiger partial charge in [-0.3, -0.25) is 0 Å². The molecule has 0 amide bonds. The summed E-state index contributed by atoms with van der Waals surface area (Å²) in [6.07, 6.45) is -0.379. The van der Waals surface area contributed by atoms with Gasteiger partial charge in [-0.15, -0.1) is 0 Å². The number of fused-ring (bicyclic) bond motifs is 1. The Balaban J connectivity index is 2.01. The van der Waals surface area contributed by atoms with Gasteiger partial charge in [0.25, 0.3) is 0 Å². The van der Waals surface area contributed by atoms with Crippen LogP contribution in [0.2, 0.25) is 0 Å². The van der Waals surface area contributed by atoms with E-state index in [0.29, 0.717) is 5.56 Å². The van der Waals surface area contributed by atoms with Crippen molar-refractivity contribution in [1.82, 2.24) is 0 Å². The molecule has 3 N–H and O–H groups in total. The van der Waals surface area contributed by atoms with E-state index in [-0.39, 0.29) is 30.1 Å². The minimum atomic E-state index is -0.379. The molecule has 0 radical (unpaired) electrons. The van der Waals surface area contributed by atoms with E-state index in [0.717, 1.165) is 15.8 Å². The first kappa shape index (κ1) is 13.3. The van der Waals surface area contributed by atoms with Gasteiger partial charge in [0.1, 0.15) is 11.9 Å². The molecule has 0 unspecified atom stereocenters. The molecule has 2 aromatic rings. The Labute approximate surface area is 124 Å². The molecule has 4 nitrogen and oxygen atoms in total. The van der Waals surface area contributed by atoms with Crippen LogP contribution in [0.1, 0.15) is 23.1 Å². The second kappa shape index (κ2) is 5.00. The standard InChI is InChI=1S/C15H13BrO4/c16-9-2-4-14-10(6-9)11(7-17)15(20-14)8-1-3-12(18)13(19)5-8/h1-6,11,15,17-19H,7H2/t11-,15+/m0/s1. The minimum Gasteiger partial charge on any atom is -0.504 e. The fourth-order valence-electron chi connectivity index (χ4n) is 2.51. The summed E-state index contributed by atoms with van der Waals surface area (Å²) in [7, 11) is 0. The molecule has 0 spiro atoms. The molecule has 0 aliphatic carbocycles. The molecule has 0 aromatic heterocycles. The van der Waals surface area contributed by atoms with Gasteiger partial charge in [-0.05, 0) is 35.9 Å². The Morgan fingerprint density at radius 1 is 1.05 bits per heavy atom. The highest BCUT2D eigenvalue weighted by atomic mass is 79.9. The normalized spacial score (nSPS) is 20.5. The summed E-state index contributed by atoms with van der Waals surface area (Å²) >= 11 is 3.41. The minimum absolute atomic E-state index is 0.0598. The second-order valence-electron chi connectivity index (χ2n) is 4.76. The lowest BCUT2D eigenvalue weighted by molar-refractivity contribution is 0.159. The van der Waals surface area contributed by atoms with E-state index in [4.69, 9.17) is 4.74 Å². The van der Waals surface area contributed by atoms with Crippen LogP contribution in [0.5, 0.6) is 17.2 Å². The van der Waals surface area contributed by atoms with Crippen LogP contribution < -0.4 is 4.74 Å². The monoisotopic (exact) mass is 336 g/mol. The van der Waals surface area contributed by atoms with Crippen molar-refractivity contribution in [3.05, 3.63) is 52.0 Å². The van der Waals surface area contributed by atoms with Crippen molar-refractivity contribution < 1.29 is 20.1 Å². The lowest BCUT2D eigenvalue weighted by Gasteiger charge is -2.18. The Morgan fingerprint density at radius 3 is 2.55 bits per heavy atom. The zero-order chi connectivity index (χ0) is 14.3. The topological polar surface area (TPSA) is 69.9 Å². The fraction of sp³-hybridized carbons (Fsp3) is 0.200. The van der Waals surface area contributed by atoms with E-state index < -0.39 is 0 Å². The molecule has 1 heterocycles. The number of aliphatic hydroxyl groups is 1. The number of hydrogen-bond acceptors (Lipinski definition) is 4. The molecule has 0 fully saturated rings. The number of phenols is 2. The van der Waals surface area contributed by atoms with Gasteiger partial charge in [-0.25, -0.2) is 0 Å². The zero-order valence-electron chi connectivity index (χ0n) is 10.5. The van der Waals surface area contributed by atoms with Crippen LogP contribution in [0.15, 0.2) is 40.9 Å². The Kier molecular flexibility index (Phi) is 3.31. The molecule has 2 aromatic carbocycles. The molecular formula is C15H13BrO4. The van der Waals surface area contributed by atoms with Gasteiger partial charge in [0.2, 0.25) is 0 Å². The lowest BCUT2D eigenvalue weighted by Crippen LogP contribution is -2.13. The van der Waals surface area contributed by atoms with Gasteiger partial charge in [0.15, 0.2) is 11.5 Å². The smallest absolute Gasteiger partial charge is 0.157 e. The summed E-state index contributed by atoms with van der Waals surface area (Å²) < 4.78 is 6.80. The van der Waals surface area contributed by atoms with Crippen molar-refractivity contribution in [2.75, 3.05) is 6.61 Å². The van der Waals surface area contributed by atoms with Crippen LogP contribution in [-0.2, 0) is 0 Å². The molecule has 1 aliphatic rings. The number of phenolic OH excluding ortho intramolecular Hbond substituents is 2. The fourth-order valence-corrected chi connectivity index (χ4v) is 2.89. The van der Waals surface area contributed by atoms with Gasteiger partial charge in [0.05, 0.1) is 12.5 Å². The van der Waals surface area contributed by atoms with E-state index in [1.54, 1.807) is 6.07 Å². The SMILES string of the molecule is OC[C@H]1c2cc(Br)ccc2O[C@@H]1c1ccc(O)c(O)c1. The third kappa shape index (κ3) is 2.13. The van der Waals surface area contributed by atoms with Gasteiger partial charge in [0, 0.05) is 10.0 Å². The summed E-state index contributed by atoms with van der Waals surface area (Å²) in [5.74, 6) is 0.156. The third-order valence-electron chi connectivity index (χ3n) is 3.52. The summed E-state index contributed by atoms with van der Waals surface area (Å²) in [4.78, 5) is 0. The van der Waals surface area contributed by atoms with Crippen molar-refractivity contribution in [3.8, 4) is 17.2 Å². The van der Waals surface area contributed by atoms with Crippen LogP contribution in [0.25, 0.3) is 0 Å². The number of rotatable bonds is 2. The molecule has 3 rings (SSSR count). The average molecular weight is 337 g/mol.